The number of piperidine rings is 1. The van der Waals surface area contributed by atoms with Crippen molar-refractivity contribution in [3.63, 3.8) is 0 Å². The van der Waals surface area contributed by atoms with Gasteiger partial charge in [-0.15, -0.1) is 0 Å². The highest BCUT2D eigenvalue weighted by Crippen LogP contribution is 2.19. The average molecular weight is 378 g/mol. The second-order valence-corrected chi connectivity index (χ2v) is 6.68. The standard InChI is InChI=1S/C17H20BrN3O2/c18-16-4-3-15(23-16)17(22)20-11-13-5-8-21(9-6-13)12-14-2-1-7-19-10-14/h1-4,7,10,13H,5-6,8-9,11-12H2,(H,20,22). The summed E-state index contributed by atoms with van der Waals surface area (Å²) in [4.78, 5) is 18.6. The number of nitrogens with zero attached hydrogens (tertiary/aromatic N) is 2. The smallest absolute Gasteiger partial charge is 0.287 e. The van der Waals surface area contributed by atoms with Gasteiger partial charge in [-0.25, -0.2) is 0 Å². The minimum atomic E-state index is -0.145. The molecule has 2 aromatic heterocycles. The van der Waals surface area contributed by atoms with Crippen LogP contribution in [0.5, 0.6) is 0 Å². The van der Waals surface area contributed by atoms with Gasteiger partial charge in [-0.05, 0) is 71.5 Å². The molecule has 0 radical (unpaired) electrons. The van der Waals surface area contributed by atoms with Crippen LogP contribution in [0.15, 0.2) is 45.7 Å². The highest BCUT2D eigenvalue weighted by molar-refractivity contribution is 9.10. The fourth-order valence-electron chi connectivity index (χ4n) is 2.86. The van der Waals surface area contributed by atoms with Crippen LogP contribution in [-0.4, -0.2) is 35.4 Å². The molecule has 0 saturated carbocycles. The molecule has 0 spiro atoms. The van der Waals surface area contributed by atoms with Crippen molar-refractivity contribution >= 4 is 21.8 Å². The Morgan fingerprint density at radius 1 is 1.35 bits per heavy atom. The molecule has 1 saturated heterocycles. The molecular weight excluding hydrogens is 358 g/mol. The molecule has 1 N–H and O–H groups in total. The van der Waals surface area contributed by atoms with Crippen LogP contribution in [0.3, 0.4) is 0 Å². The zero-order chi connectivity index (χ0) is 16.1. The van der Waals surface area contributed by atoms with Gasteiger partial charge < -0.3 is 9.73 Å². The van der Waals surface area contributed by atoms with E-state index in [4.69, 9.17) is 4.42 Å². The Balaban J connectivity index is 1.40. The predicted octanol–water partition coefficient (Wildman–Crippen LogP) is 3.08. The van der Waals surface area contributed by atoms with E-state index in [0.717, 1.165) is 32.5 Å². The van der Waals surface area contributed by atoms with Crippen molar-refractivity contribution in [3.8, 4) is 0 Å². The molecule has 122 valence electrons. The van der Waals surface area contributed by atoms with Gasteiger partial charge in [0.25, 0.3) is 5.91 Å². The number of carbonyl (C=O) groups excluding carboxylic acids is 1. The van der Waals surface area contributed by atoms with Crippen molar-refractivity contribution in [3.05, 3.63) is 52.7 Å². The minimum Gasteiger partial charge on any atom is -0.444 e. The highest BCUT2D eigenvalue weighted by atomic mass is 79.9. The Bertz CT molecular complexity index is 636. The topological polar surface area (TPSA) is 58.4 Å². The second-order valence-electron chi connectivity index (χ2n) is 5.89. The van der Waals surface area contributed by atoms with Crippen LogP contribution < -0.4 is 5.32 Å². The molecular formula is C17H20BrN3O2. The highest BCUT2D eigenvalue weighted by Gasteiger charge is 2.20. The van der Waals surface area contributed by atoms with Crippen molar-refractivity contribution in [2.75, 3.05) is 19.6 Å². The summed E-state index contributed by atoms with van der Waals surface area (Å²) < 4.78 is 5.83. The number of hydrogen-bond acceptors (Lipinski definition) is 4. The van der Waals surface area contributed by atoms with Crippen LogP contribution in [0.4, 0.5) is 0 Å². The lowest BCUT2D eigenvalue weighted by Crippen LogP contribution is -2.38. The number of rotatable bonds is 5. The first-order chi connectivity index (χ1) is 11.2. The van der Waals surface area contributed by atoms with Gasteiger partial charge in [0.15, 0.2) is 10.4 Å². The van der Waals surface area contributed by atoms with Crippen molar-refractivity contribution in [2.45, 2.75) is 19.4 Å². The summed E-state index contributed by atoms with van der Waals surface area (Å²) in [5, 5.41) is 2.96. The van der Waals surface area contributed by atoms with E-state index >= 15 is 0 Å². The van der Waals surface area contributed by atoms with E-state index in [-0.39, 0.29) is 5.91 Å². The lowest BCUT2D eigenvalue weighted by molar-refractivity contribution is 0.0906. The number of pyridine rings is 1. The summed E-state index contributed by atoms with van der Waals surface area (Å²) in [5.41, 5.74) is 1.25. The number of likely N-dealkylation sites (tertiary alicyclic amines) is 1. The predicted molar refractivity (Wildman–Crippen MR) is 91.0 cm³/mol. The number of hydrogen-bond donors (Lipinski definition) is 1. The summed E-state index contributed by atoms with van der Waals surface area (Å²) in [6.45, 7) is 3.77. The van der Waals surface area contributed by atoms with Gasteiger partial charge in [0, 0.05) is 25.5 Å². The molecule has 0 unspecified atom stereocenters. The van der Waals surface area contributed by atoms with Gasteiger partial charge in [-0.3, -0.25) is 14.7 Å². The van der Waals surface area contributed by atoms with Gasteiger partial charge in [0.2, 0.25) is 0 Å². The van der Waals surface area contributed by atoms with Crippen molar-refractivity contribution in [1.82, 2.24) is 15.2 Å². The Hall–Kier alpha value is -1.66. The lowest BCUT2D eigenvalue weighted by atomic mass is 9.96. The lowest BCUT2D eigenvalue weighted by Gasteiger charge is -2.31. The van der Waals surface area contributed by atoms with Crippen LogP contribution in [0, 0.1) is 5.92 Å². The van der Waals surface area contributed by atoms with Crippen molar-refractivity contribution < 1.29 is 9.21 Å². The molecule has 1 aliphatic heterocycles. The van der Waals surface area contributed by atoms with Crippen LogP contribution in [0.1, 0.15) is 29.0 Å². The molecule has 5 nitrogen and oxygen atoms in total. The van der Waals surface area contributed by atoms with Crippen LogP contribution >= 0.6 is 15.9 Å². The van der Waals surface area contributed by atoms with Crippen molar-refractivity contribution in [2.24, 2.45) is 5.92 Å². The monoisotopic (exact) mass is 377 g/mol. The molecule has 1 aliphatic rings. The van der Waals surface area contributed by atoms with Gasteiger partial charge in [-0.2, -0.15) is 0 Å². The number of aromatic nitrogens is 1. The van der Waals surface area contributed by atoms with E-state index in [1.807, 2.05) is 12.3 Å². The van der Waals surface area contributed by atoms with Gasteiger partial charge in [0.1, 0.15) is 0 Å². The fourth-order valence-corrected chi connectivity index (χ4v) is 3.17. The SMILES string of the molecule is O=C(NCC1CCN(Cc2cccnc2)CC1)c1ccc(Br)o1. The number of halogens is 1. The number of furan rings is 1. The first-order valence-corrected chi connectivity index (χ1v) is 8.65. The van der Waals surface area contributed by atoms with E-state index in [1.54, 1.807) is 18.3 Å². The Labute approximate surface area is 144 Å². The third-order valence-electron chi connectivity index (χ3n) is 4.18. The third-order valence-corrected chi connectivity index (χ3v) is 4.61. The number of carbonyl (C=O) groups is 1. The summed E-state index contributed by atoms with van der Waals surface area (Å²) >= 11 is 3.21. The maximum Gasteiger partial charge on any atom is 0.287 e. The summed E-state index contributed by atoms with van der Waals surface area (Å²) in [5.74, 6) is 0.738. The quantitative estimate of drug-likeness (QED) is 0.869. The molecule has 0 atom stereocenters. The number of amides is 1. The number of nitrogens with one attached hydrogen (secondary N) is 1. The first-order valence-electron chi connectivity index (χ1n) is 7.85. The van der Waals surface area contributed by atoms with Gasteiger partial charge in [-0.1, -0.05) is 6.07 Å². The molecule has 3 heterocycles. The van der Waals surface area contributed by atoms with Crippen molar-refractivity contribution in [1.29, 1.82) is 0 Å². The Kier molecular flexibility index (Phi) is 5.46. The molecule has 0 aliphatic carbocycles. The van der Waals surface area contributed by atoms with E-state index in [9.17, 15) is 4.79 Å². The van der Waals surface area contributed by atoms with E-state index in [1.165, 1.54) is 5.56 Å². The van der Waals surface area contributed by atoms with Gasteiger partial charge in [0.05, 0.1) is 0 Å². The fraction of sp³-hybridized carbons (Fsp3) is 0.412. The summed E-state index contributed by atoms with van der Waals surface area (Å²) in [6.07, 6.45) is 5.93. The molecule has 6 heteroatoms. The second kappa shape index (κ2) is 7.75. The molecule has 0 aromatic carbocycles. The zero-order valence-electron chi connectivity index (χ0n) is 12.9. The summed E-state index contributed by atoms with van der Waals surface area (Å²) in [6, 6.07) is 7.49. The molecule has 0 bridgehead atoms. The Morgan fingerprint density at radius 2 is 2.17 bits per heavy atom. The normalized spacial score (nSPS) is 16.4. The molecule has 1 amide bonds. The minimum absolute atomic E-state index is 0.145. The van der Waals surface area contributed by atoms with Gasteiger partial charge >= 0.3 is 0 Å². The van der Waals surface area contributed by atoms with Crippen LogP contribution in [-0.2, 0) is 6.54 Å². The Morgan fingerprint density at radius 3 is 2.83 bits per heavy atom. The van der Waals surface area contributed by atoms with Crippen LogP contribution in [0.2, 0.25) is 0 Å². The molecule has 1 fully saturated rings. The van der Waals surface area contributed by atoms with Crippen LogP contribution in [0.25, 0.3) is 0 Å². The van der Waals surface area contributed by atoms with E-state index in [2.05, 4.69) is 37.2 Å². The van der Waals surface area contributed by atoms with E-state index < -0.39 is 0 Å². The molecule has 23 heavy (non-hydrogen) atoms. The third kappa shape index (κ3) is 4.65. The maximum atomic E-state index is 12.0. The first kappa shape index (κ1) is 16.2. The molecule has 3 rings (SSSR count). The largest absolute Gasteiger partial charge is 0.444 e. The van der Waals surface area contributed by atoms with E-state index in [0.29, 0.717) is 22.9 Å². The maximum absolute atomic E-state index is 12.0. The average Bonchev–Trinajstić information content (AvgIpc) is 3.01. The zero-order valence-corrected chi connectivity index (χ0v) is 14.5. The summed E-state index contributed by atoms with van der Waals surface area (Å²) in [7, 11) is 0. The molecule has 2 aromatic rings.